The Morgan fingerprint density at radius 3 is 2.60 bits per heavy atom. The molecule has 0 aliphatic heterocycles. The first kappa shape index (κ1) is 14.2. The second kappa shape index (κ2) is 5.83. The van der Waals surface area contributed by atoms with E-state index >= 15 is 0 Å². The Kier molecular flexibility index (Phi) is 4.14. The molecule has 0 spiro atoms. The van der Waals surface area contributed by atoms with Gasteiger partial charge < -0.3 is 4.74 Å². The van der Waals surface area contributed by atoms with Gasteiger partial charge in [0.25, 0.3) is 5.69 Å². The summed E-state index contributed by atoms with van der Waals surface area (Å²) in [5.74, 6) is 0.457. The van der Waals surface area contributed by atoms with Crippen molar-refractivity contribution in [1.29, 1.82) is 0 Å². The third-order valence-electron chi connectivity index (χ3n) is 2.74. The quantitative estimate of drug-likeness (QED) is 0.639. The minimum absolute atomic E-state index is 0.0350. The highest BCUT2D eigenvalue weighted by Gasteiger charge is 2.14. The van der Waals surface area contributed by atoms with E-state index < -0.39 is 4.92 Å². The molecule has 104 valence electrons. The van der Waals surface area contributed by atoms with Crippen LogP contribution in [0.15, 0.2) is 24.5 Å². The van der Waals surface area contributed by atoms with Gasteiger partial charge in [-0.3, -0.25) is 15.1 Å². The maximum Gasteiger partial charge on any atom is 0.276 e. The summed E-state index contributed by atoms with van der Waals surface area (Å²) in [6.07, 6.45) is 2.92. The minimum atomic E-state index is -0.427. The van der Waals surface area contributed by atoms with Gasteiger partial charge in [-0.05, 0) is 25.5 Å². The van der Waals surface area contributed by atoms with Gasteiger partial charge in [0.2, 0.25) is 0 Å². The lowest BCUT2D eigenvalue weighted by Crippen LogP contribution is -2.01. The van der Waals surface area contributed by atoms with Gasteiger partial charge in [-0.15, -0.1) is 0 Å². The zero-order valence-electron chi connectivity index (χ0n) is 11.0. The molecule has 1 aromatic carbocycles. The predicted octanol–water partition coefficient (Wildman–Crippen LogP) is 3.23. The van der Waals surface area contributed by atoms with E-state index in [2.05, 4.69) is 9.97 Å². The van der Waals surface area contributed by atoms with E-state index in [0.29, 0.717) is 22.2 Å². The second-order valence-corrected chi connectivity index (χ2v) is 4.67. The fraction of sp³-hybridized carbons (Fsp3) is 0.231. The molecule has 0 unspecified atom stereocenters. The molecule has 0 N–H and O–H groups in total. The number of halogens is 1. The predicted molar refractivity (Wildman–Crippen MR) is 73.9 cm³/mol. The van der Waals surface area contributed by atoms with Crippen LogP contribution in [0.1, 0.15) is 16.8 Å². The molecule has 0 atom stereocenters. The van der Waals surface area contributed by atoms with Gasteiger partial charge in [0, 0.05) is 5.56 Å². The number of nitrogens with zero attached hydrogens (tertiary/aromatic N) is 3. The first-order valence-corrected chi connectivity index (χ1v) is 6.20. The van der Waals surface area contributed by atoms with Crippen LogP contribution < -0.4 is 4.74 Å². The molecule has 1 aromatic heterocycles. The topological polar surface area (TPSA) is 78.2 Å². The molecule has 0 saturated heterocycles. The molecule has 6 nitrogen and oxygen atoms in total. The van der Waals surface area contributed by atoms with Gasteiger partial charge in [0.05, 0.1) is 29.1 Å². The van der Waals surface area contributed by atoms with Crippen molar-refractivity contribution in [3.8, 4) is 5.75 Å². The largest absolute Gasteiger partial charge is 0.487 e. The van der Waals surface area contributed by atoms with Gasteiger partial charge in [-0.1, -0.05) is 11.6 Å². The maximum absolute atomic E-state index is 10.9. The van der Waals surface area contributed by atoms with Crippen LogP contribution >= 0.6 is 11.6 Å². The first-order chi connectivity index (χ1) is 9.47. The Morgan fingerprint density at radius 2 is 2.00 bits per heavy atom. The molecule has 0 amide bonds. The number of aryl methyl sites for hydroxylation is 2. The molecule has 2 aromatic rings. The highest BCUT2D eigenvalue weighted by atomic mass is 35.5. The third-order valence-corrected chi connectivity index (χ3v) is 2.93. The molecule has 0 aliphatic carbocycles. The van der Waals surface area contributed by atoms with E-state index in [4.69, 9.17) is 16.3 Å². The molecular weight excluding hydrogens is 282 g/mol. The zero-order chi connectivity index (χ0) is 14.7. The Hall–Kier alpha value is -2.21. The van der Waals surface area contributed by atoms with Crippen LogP contribution in [0.5, 0.6) is 5.75 Å². The lowest BCUT2D eigenvalue weighted by molar-refractivity contribution is -0.385. The normalized spacial score (nSPS) is 10.3. The number of nitro groups is 1. The minimum Gasteiger partial charge on any atom is -0.487 e. The van der Waals surface area contributed by atoms with Crippen molar-refractivity contribution < 1.29 is 9.66 Å². The molecule has 0 fully saturated rings. The van der Waals surface area contributed by atoms with Crippen molar-refractivity contribution in [1.82, 2.24) is 9.97 Å². The van der Waals surface area contributed by atoms with Gasteiger partial charge in [0.15, 0.2) is 0 Å². The Bertz CT molecular complexity index is 644. The number of nitro benzene ring substituents is 1. The Labute approximate surface area is 120 Å². The summed E-state index contributed by atoms with van der Waals surface area (Å²) in [5.41, 5.74) is 2.06. The van der Waals surface area contributed by atoms with Gasteiger partial charge in [-0.2, -0.15) is 0 Å². The molecular formula is C13H12ClN3O3. The lowest BCUT2D eigenvalue weighted by Gasteiger charge is -2.09. The summed E-state index contributed by atoms with van der Waals surface area (Å²) >= 11 is 5.64. The molecule has 0 radical (unpaired) electrons. The maximum atomic E-state index is 10.9. The summed E-state index contributed by atoms with van der Waals surface area (Å²) < 4.78 is 5.56. The number of aromatic nitrogens is 2. The van der Waals surface area contributed by atoms with E-state index in [1.165, 1.54) is 18.5 Å². The fourth-order valence-corrected chi connectivity index (χ4v) is 1.84. The van der Waals surface area contributed by atoms with Crippen LogP contribution in [-0.2, 0) is 6.61 Å². The summed E-state index contributed by atoms with van der Waals surface area (Å²) in [4.78, 5) is 18.4. The summed E-state index contributed by atoms with van der Waals surface area (Å²) in [7, 11) is 0. The summed E-state index contributed by atoms with van der Waals surface area (Å²) in [5, 5.41) is 11.2. The van der Waals surface area contributed by atoms with Crippen molar-refractivity contribution in [2.45, 2.75) is 20.5 Å². The Morgan fingerprint density at radius 1 is 1.25 bits per heavy atom. The van der Waals surface area contributed by atoms with E-state index in [-0.39, 0.29) is 12.3 Å². The highest BCUT2D eigenvalue weighted by molar-refractivity contribution is 6.29. The van der Waals surface area contributed by atoms with Crippen molar-refractivity contribution >= 4 is 17.3 Å². The van der Waals surface area contributed by atoms with E-state index in [9.17, 15) is 10.1 Å². The Balaban J connectivity index is 2.18. The van der Waals surface area contributed by atoms with Crippen molar-refractivity contribution in [2.75, 3.05) is 0 Å². The standard InChI is InChI=1S/C13H12ClN3O3/c1-8-3-9(2)12(4-11(8)17(18)19)20-7-10-5-16-13(14)6-15-10/h3-6H,7H2,1-2H3. The number of benzene rings is 1. The van der Waals surface area contributed by atoms with Crippen molar-refractivity contribution in [3.05, 3.63) is 56.6 Å². The molecule has 1 heterocycles. The monoisotopic (exact) mass is 293 g/mol. The smallest absolute Gasteiger partial charge is 0.276 e. The number of hydrogen-bond acceptors (Lipinski definition) is 5. The number of rotatable bonds is 4. The molecule has 0 saturated carbocycles. The van der Waals surface area contributed by atoms with Crippen LogP contribution in [0.25, 0.3) is 0 Å². The molecule has 0 aliphatic rings. The molecule has 20 heavy (non-hydrogen) atoms. The molecule has 0 bridgehead atoms. The SMILES string of the molecule is Cc1cc(C)c([N+](=O)[O-])cc1OCc1cnc(Cl)cn1. The average molecular weight is 294 g/mol. The second-order valence-electron chi connectivity index (χ2n) is 4.28. The van der Waals surface area contributed by atoms with Gasteiger partial charge in [-0.25, -0.2) is 4.98 Å². The van der Waals surface area contributed by atoms with Crippen LogP contribution in [-0.4, -0.2) is 14.9 Å². The summed E-state index contributed by atoms with van der Waals surface area (Å²) in [6.45, 7) is 3.70. The van der Waals surface area contributed by atoms with Crippen LogP contribution in [0.3, 0.4) is 0 Å². The number of hydrogen-bond donors (Lipinski definition) is 0. The van der Waals surface area contributed by atoms with Crippen LogP contribution in [0.4, 0.5) is 5.69 Å². The summed E-state index contributed by atoms with van der Waals surface area (Å²) in [6, 6.07) is 3.15. The number of ether oxygens (including phenoxy) is 1. The van der Waals surface area contributed by atoms with E-state index in [1.54, 1.807) is 13.0 Å². The third kappa shape index (κ3) is 3.21. The van der Waals surface area contributed by atoms with E-state index in [0.717, 1.165) is 5.56 Å². The highest BCUT2D eigenvalue weighted by Crippen LogP contribution is 2.28. The van der Waals surface area contributed by atoms with E-state index in [1.807, 2.05) is 6.92 Å². The van der Waals surface area contributed by atoms with Gasteiger partial charge >= 0.3 is 0 Å². The van der Waals surface area contributed by atoms with Crippen molar-refractivity contribution in [3.63, 3.8) is 0 Å². The molecule has 2 rings (SSSR count). The fourth-order valence-electron chi connectivity index (χ4n) is 1.74. The molecule has 7 heteroatoms. The first-order valence-electron chi connectivity index (χ1n) is 5.82. The van der Waals surface area contributed by atoms with Gasteiger partial charge in [0.1, 0.15) is 17.5 Å². The van der Waals surface area contributed by atoms with Crippen LogP contribution in [0.2, 0.25) is 5.15 Å². The average Bonchev–Trinajstić information content (AvgIpc) is 2.39. The zero-order valence-corrected chi connectivity index (χ0v) is 11.7. The van der Waals surface area contributed by atoms with Crippen LogP contribution in [0, 0.1) is 24.0 Å². The van der Waals surface area contributed by atoms with Crippen molar-refractivity contribution in [2.24, 2.45) is 0 Å². The lowest BCUT2D eigenvalue weighted by atomic mass is 10.1.